The molecule has 90 valence electrons. The molecule has 1 heteroatoms. The third-order valence-corrected chi connectivity index (χ3v) is 4.55. The molecule has 0 heterocycles. The van der Waals surface area contributed by atoms with Crippen molar-refractivity contribution in [2.45, 2.75) is 58.2 Å². The summed E-state index contributed by atoms with van der Waals surface area (Å²) in [5.41, 5.74) is 5.77. The predicted octanol–water partition coefficient (Wildman–Crippen LogP) is 5.28. The Labute approximate surface area is 109 Å². The van der Waals surface area contributed by atoms with E-state index in [9.17, 15) is 0 Å². The van der Waals surface area contributed by atoms with E-state index >= 15 is 0 Å². The van der Waals surface area contributed by atoms with E-state index in [0.717, 1.165) is 0 Å². The van der Waals surface area contributed by atoms with Gasteiger partial charge < -0.3 is 0 Å². The van der Waals surface area contributed by atoms with Crippen molar-refractivity contribution < 1.29 is 0 Å². The number of hydrogen-bond acceptors (Lipinski definition) is 0. The summed E-state index contributed by atoms with van der Waals surface area (Å²) in [5.74, 6) is 0.598. The molecule has 1 rings (SSSR count). The Morgan fingerprint density at radius 2 is 1.62 bits per heavy atom. The van der Waals surface area contributed by atoms with E-state index in [1.165, 1.54) is 35.1 Å². The highest BCUT2D eigenvalue weighted by molar-refractivity contribution is 9.09. The summed E-state index contributed by atoms with van der Waals surface area (Å²) in [7, 11) is 0. The fourth-order valence-corrected chi connectivity index (χ4v) is 3.34. The molecular weight excluding hydrogens is 260 g/mol. The van der Waals surface area contributed by atoms with Crippen LogP contribution in [-0.4, -0.2) is 4.83 Å². The molecule has 2 atom stereocenters. The van der Waals surface area contributed by atoms with Crippen molar-refractivity contribution in [3.63, 3.8) is 0 Å². The summed E-state index contributed by atoms with van der Waals surface area (Å²) < 4.78 is 0. The lowest BCUT2D eigenvalue weighted by Gasteiger charge is -2.23. The van der Waals surface area contributed by atoms with E-state index in [4.69, 9.17) is 0 Å². The van der Waals surface area contributed by atoms with Crippen LogP contribution in [0.4, 0.5) is 0 Å². The van der Waals surface area contributed by atoms with Gasteiger partial charge in [0.2, 0.25) is 0 Å². The molecule has 0 N–H and O–H groups in total. The molecule has 2 unspecified atom stereocenters. The molecule has 0 fully saturated rings. The van der Waals surface area contributed by atoms with Crippen molar-refractivity contribution in [1.82, 2.24) is 0 Å². The second-order valence-electron chi connectivity index (χ2n) is 4.91. The maximum Gasteiger partial charge on any atom is 0.0211 e. The second kappa shape index (κ2) is 5.86. The number of benzene rings is 1. The highest BCUT2D eigenvalue weighted by Crippen LogP contribution is 2.32. The van der Waals surface area contributed by atoms with Gasteiger partial charge in [0.1, 0.15) is 0 Å². The largest absolute Gasteiger partial charge is 0.0884 e. The summed E-state index contributed by atoms with van der Waals surface area (Å²) in [5, 5.41) is 0. The second-order valence-corrected chi connectivity index (χ2v) is 6.08. The SMILES string of the molecule is CCCC(Br)C(C)c1c(C)cc(C)cc1C. The van der Waals surface area contributed by atoms with Gasteiger partial charge in [-0.25, -0.2) is 0 Å². The van der Waals surface area contributed by atoms with Crippen molar-refractivity contribution in [2.24, 2.45) is 0 Å². The molecule has 16 heavy (non-hydrogen) atoms. The monoisotopic (exact) mass is 282 g/mol. The molecule has 0 aromatic heterocycles. The molecule has 0 spiro atoms. The molecule has 0 aliphatic rings. The van der Waals surface area contributed by atoms with E-state index < -0.39 is 0 Å². The summed E-state index contributed by atoms with van der Waals surface area (Å²) in [6.45, 7) is 11.2. The van der Waals surface area contributed by atoms with Crippen molar-refractivity contribution in [3.8, 4) is 0 Å². The minimum absolute atomic E-state index is 0.595. The molecule has 1 aromatic carbocycles. The Kier molecular flexibility index (Phi) is 5.04. The lowest BCUT2D eigenvalue weighted by Crippen LogP contribution is -2.12. The van der Waals surface area contributed by atoms with Crippen LogP contribution in [0.3, 0.4) is 0 Å². The van der Waals surface area contributed by atoms with Crippen molar-refractivity contribution >= 4 is 15.9 Å². The molecule has 0 saturated heterocycles. The van der Waals surface area contributed by atoms with Crippen LogP contribution in [0.15, 0.2) is 12.1 Å². The maximum absolute atomic E-state index is 3.83. The van der Waals surface area contributed by atoms with E-state index in [1.54, 1.807) is 0 Å². The third kappa shape index (κ3) is 3.10. The molecule has 0 nitrogen and oxygen atoms in total. The van der Waals surface area contributed by atoms with Gasteiger partial charge in [-0.3, -0.25) is 0 Å². The van der Waals surface area contributed by atoms with E-state index in [0.29, 0.717) is 10.7 Å². The Morgan fingerprint density at radius 1 is 1.12 bits per heavy atom. The highest BCUT2D eigenvalue weighted by atomic mass is 79.9. The van der Waals surface area contributed by atoms with Gasteiger partial charge in [-0.1, -0.05) is 53.9 Å². The number of alkyl halides is 1. The first-order valence-corrected chi connectivity index (χ1v) is 7.10. The molecule has 0 aliphatic carbocycles. The molecular formula is C15H23Br. The highest BCUT2D eigenvalue weighted by Gasteiger charge is 2.18. The molecule has 0 radical (unpaired) electrons. The van der Waals surface area contributed by atoms with Gasteiger partial charge in [0.15, 0.2) is 0 Å². The van der Waals surface area contributed by atoms with Gasteiger partial charge in [-0.15, -0.1) is 0 Å². The van der Waals surface area contributed by atoms with Gasteiger partial charge in [0.05, 0.1) is 0 Å². The summed E-state index contributed by atoms with van der Waals surface area (Å²) >= 11 is 3.83. The van der Waals surface area contributed by atoms with E-state index in [2.05, 4.69) is 62.7 Å². The van der Waals surface area contributed by atoms with Crippen LogP contribution in [0.5, 0.6) is 0 Å². The van der Waals surface area contributed by atoms with Crippen molar-refractivity contribution in [3.05, 3.63) is 34.4 Å². The van der Waals surface area contributed by atoms with E-state index in [1.807, 2.05) is 0 Å². The molecule has 0 aliphatic heterocycles. The molecule has 1 aromatic rings. The van der Waals surface area contributed by atoms with Crippen LogP contribution in [0.2, 0.25) is 0 Å². The standard InChI is InChI=1S/C15H23Br/c1-6-7-14(16)13(5)15-11(3)8-10(2)9-12(15)4/h8-9,13-14H,6-7H2,1-5H3. The lowest BCUT2D eigenvalue weighted by atomic mass is 9.87. The van der Waals surface area contributed by atoms with Gasteiger partial charge in [-0.2, -0.15) is 0 Å². The first kappa shape index (κ1) is 13.8. The average Bonchev–Trinajstić information content (AvgIpc) is 2.16. The lowest BCUT2D eigenvalue weighted by molar-refractivity contribution is 0.645. The first-order chi connectivity index (χ1) is 7.47. The Bertz CT molecular complexity index is 331. The Balaban J connectivity index is 3.03. The Hall–Kier alpha value is -0.300. The minimum Gasteiger partial charge on any atom is -0.0884 e. The summed E-state index contributed by atoms with van der Waals surface area (Å²) in [6.07, 6.45) is 2.48. The van der Waals surface area contributed by atoms with Gasteiger partial charge in [0.25, 0.3) is 0 Å². The fourth-order valence-electron chi connectivity index (χ4n) is 2.62. The Morgan fingerprint density at radius 3 is 2.06 bits per heavy atom. The number of aryl methyl sites for hydroxylation is 3. The van der Waals surface area contributed by atoms with Gasteiger partial charge in [0, 0.05) is 4.83 Å². The van der Waals surface area contributed by atoms with Gasteiger partial charge >= 0.3 is 0 Å². The van der Waals surface area contributed by atoms with Gasteiger partial charge in [-0.05, 0) is 49.8 Å². The predicted molar refractivity (Wildman–Crippen MR) is 76.7 cm³/mol. The molecule has 0 bridgehead atoms. The topological polar surface area (TPSA) is 0 Å². The minimum atomic E-state index is 0.595. The molecule has 0 amide bonds. The third-order valence-electron chi connectivity index (χ3n) is 3.30. The summed E-state index contributed by atoms with van der Waals surface area (Å²) in [6, 6.07) is 4.59. The maximum atomic E-state index is 3.83. The molecule has 0 saturated carbocycles. The first-order valence-electron chi connectivity index (χ1n) is 6.19. The van der Waals surface area contributed by atoms with Crippen LogP contribution < -0.4 is 0 Å². The smallest absolute Gasteiger partial charge is 0.0211 e. The number of rotatable bonds is 4. The number of halogens is 1. The normalized spacial score (nSPS) is 14.9. The van der Waals surface area contributed by atoms with Crippen molar-refractivity contribution in [2.75, 3.05) is 0 Å². The van der Waals surface area contributed by atoms with Crippen LogP contribution in [0.25, 0.3) is 0 Å². The average molecular weight is 283 g/mol. The zero-order valence-electron chi connectivity index (χ0n) is 11.1. The van der Waals surface area contributed by atoms with Crippen molar-refractivity contribution in [1.29, 1.82) is 0 Å². The van der Waals surface area contributed by atoms with Crippen LogP contribution >= 0.6 is 15.9 Å². The number of hydrogen-bond donors (Lipinski definition) is 0. The van der Waals surface area contributed by atoms with E-state index in [-0.39, 0.29) is 0 Å². The zero-order chi connectivity index (χ0) is 12.3. The quantitative estimate of drug-likeness (QED) is 0.659. The van der Waals surface area contributed by atoms with Crippen LogP contribution in [0.1, 0.15) is 54.9 Å². The van der Waals surface area contributed by atoms with Crippen LogP contribution in [0, 0.1) is 20.8 Å². The zero-order valence-corrected chi connectivity index (χ0v) is 12.7. The van der Waals surface area contributed by atoms with Crippen LogP contribution in [-0.2, 0) is 0 Å². The summed E-state index contributed by atoms with van der Waals surface area (Å²) in [4.78, 5) is 0.595. The fraction of sp³-hybridized carbons (Fsp3) is 0.600.